The van der Waals surface area contributed by atoms with Crippen LogP contribution in [0, 0.1) is 0 Å². The van der Waals surface area contributed by atoms with Gasteiger partial charge in [0.2, 0.25) is 0 Å². The van der Waals surface area contributed by atoms with Crippen LogP contribution in [0.2, 0.25) is 5.02 Å². The maximum atomic E-state index is 6.66. The largest absolute Gasteiger partial charge is 0.493 e. The van der Waals surface area contributed by atoms with E-state index in [0.717, 1.165) is 59.3 Å². The highest BCUT2D eigenvalue weighted by Gasteiger charge is 2.52. The molecular weight excluding hydrogens is 362 g/mol. The van der Waals surface area contributed by atoms with Gasteiger partial charge in [0.05, 0.1) is 44.8 Å². The van der Waals surface area contributed by atoms with Crippen LogP contribution in [0.4, 0.5) is 0 Å². The van der Waals surface area contributed by atoms with E-state index in [0.29, 0.717) is 0 Å². The third kappa shape index (κ3) is 2.61. The van der Waals surface area contributed by atoms with Crippen LogP contribution in [0.5, 0.6) is 11.5 Å². The van der Waals surface area contributed by atoms with Crippen molar-refractivity contribution < 1.29 is 14.8 Å². The summed E-state index contributed by atoms with van der Waals surface area (Å²) < 4.78 is 12.3. The minimum Gasteiger partial charge on any atom is -0.493 e. The van der Waals surface area contributed by atoms with Crippen LogP contribution in [-0.2, 0) is 0 Å². The van der Waals surface area contributed by atoms with Crippen LogP contribution in [0.3, 0.4) is 0 Å². The minimum atomic E-state index is -0.388. The first-order valence-corrected chi connectivity index (χ1v) is 9.80. The molecule has 0 aliphatic carbocycles. The quantitative estimate of drug-likeness (QED) is 0.835. The summed E-state index contributed by atoms with van der Waals surface area (Å²) in [6.07, 6.45) is 4.14. The Hall–Kier alpha value is -2.21. The van der Waals surface area contributed by atoms with Gasteiger partial charge in [-0.1, -0.05) is 41.9 Å². The average molecular weight is 385 g/mol. The third-order valence-corrected chi connectivity index (χ3v) is 6.09. The fourth-order valence-electron chi connectivity index (χ4n) is 4.43. The van der Waals surface area contributed by atoms with E-state index in [9.17, 15) is 0 Å². The Balaban J connectivity index is 1.64. The summed E-state index contributed by atoms with van der Waals surface area (Å²) in [7, 11) is 1.70. The maximum Gasteiger partial charge on any atom is 0.191 e. The van der Waals surface area contributed by atoms with Gasteiger partial charge in [-0.15, -0.1) is 0 Å². The number of benzene rings is 2. The third-order valence-electron chi connectivity index (χ3n) is 5.76. The van der Waals surface area contributed by atoms with Gasteiger partial charge in [-0.25, -0.2) is 0 Å². The summed E-state index contributed by atoms with van der Waals surface area (Å²) >= 11 is 6.47. The van der Waals surface area contributed by atoms with Crippen molar-refractivity contribution >= 4 is 17.3 Å². The SMILES string of the molecule is COc1cccc2c1OC1(CC[NH2+]CC1)N1NC(c3ccccc3Cl)=C[C@@H]21. The van der Waals surface area contributed by atoms with E-state index in [-0.39, 0.29) is 11.8 Å². The van der Waals surface area contributed by atoms with Crippen LogP contribution >= 0.6 is 11.6 Å². The second kappa shape index (κ2) is 6.44. The molecule has 5 nitrogen and oxygen atoms in total. The molecule has 1 fully saturated rings. The van der Waals surface area contributed by atoms with Crippen molar-refractivity contribution in [1.29, 1.82) is 0 Å². The van der Waals surface area contributed by atoms with Crippen LogP contribution in [0.25, 0.3) is 5.70 Å². The Morgan fingerprint density at radius 1 is 1.19 bits per heavy atom. The van der Waals surface area contributed by atoms with Gasteiger partial charge in [0.1, 0.15) is 0 Å². The molecule has 3 N–H and O–H groups in total. The molecule has 2 aromatic rings. The number of nitrogens with zero attached hydrogens (tertiary/aromatic N) is 1. The van der Waals surface area contributed by atoms with E-state index >= 15 is 0 Å². The maximum absolute atomic E-state index is 6.66. The lowest BCUT2D eigenvalue weighted by molar-refractivity contribution is -0.670. The topological polar surface area (TPSA) is 50.3 Å². The Labute approximate surface area is 163 Å². The summed E-state index contributed by atoms with van der Waals surface area (Å²) in [5.74, 6) is 1.65. The number of nitrogens with one attached hydrogen (secondary N) is 1. The highest BCUT2D eigenvalue weighted by molar-refractivity contribution is 6.32. The average Bonchev–Trinajstić information content (AvgIpc) is 3.15. The number of fused-ring (bicyclic) bond motifs is 4. The number of ether oxygens (including phenoxy) is 2. The zero-order valence-electron chi connectivity index (χ0n) is 15.2. The molecule has 1 atom stereocenters. The Morgan fingerprint density at radius 2 is 2.00 bits per heavy atom. The number of para-hydroxylation sites is 1. The lowest BCUT2D eigenvalue weighted by atomic mass is 9.93. The number of hydrogen-bond acceptors (Lipinski definition) is 4. The number of quaternary nitrogens is 1. The molecule has 3 heterocycles. The van der Waals surface area contributed by atoms with Gasteiger partial charge in [-0.2, -0.15) is 5.01 Å². The molecule has 3 aliphatic rings. The molecule has 1 spiro atoms. The molecule has 0 unspecified atom stereocenters. The van der Waals surface area contributed by atoms with Crippen molar-refractivity contribution in [2.45, 2.75) is 24.6 Å². The van der Waals surface area contributed by atoms with E-state index in [4.69, 9.17) is 21.1 Å². The van der Waals surface area contributed by atoms with Gasteiger partial charge in [0.25, 0.3) is 0 Å². The Kier molecular flexibility index (Phi) is 4.04. The number of methoxy groups -OCH3 is 1. The molecule has 2 aromatic carbocycles. The minimum absolute atomic E-state index is 0.0771. The normalized spacial score (nSPS) is 23.0. The molecule has 0 bridgehead atoms. The van der Waals surface area contributed by atoms with E-state index in [1.165, 1.54) is 0 Å². The predicted molar refractivity (Wildman–Crippen MR) is 104 cm³/mol. The summed E-state index contributed by atoms with van der Waals surface area (Å²) in [5.41, 5.74) is 6.38. The molecule has 0 aromatic heterocycles. The first-order chi connectivity index (χ1) is 13.2. The summed E-state index contributed by atoms with van der Waals surface area (Å²) in [4.78, 5) is 0. The number of nitrogens with two attached hydrogens (primary N) is 1. The van der Waals surface area contributed by atoms with Gasteiger partial charge < -0.3 is 20.2 Å². The number of piperidine rings is 1. The van der Waals surface area contributed by atoms with Gasteiger partial charge in [0, 0.05) is 16.1 Å². The van der Waals surface area contributed by atoms with Gasteiger partial charge in [-0.3, -0.25) is 0 Å². The molecule has 0 radical (unpaired) electrons. The molecular formula is C21H23ClN3O2+. The van der Waals surface area contributed by atoms with Gasteiger partial charge in [0.15, 0.2) is 17.2 Å². The molecule has 3 aliphatic heterocycles. The van der Waals surface area contributed by atoms with Crippen molar-refractivity contribution in [1.82, 2.24) is 10.4 Å². The first kappa shape index (κ1) is 16.9. The van der Waals surface area contributed by atoms with Crippen molar-refractivity contribution in [3.05, 3.63) is 64.7 Å². The summed E-state index contributed by atoms with van der Waals surface area (Å²) in [5, 5.41) is 5.37. The standard InChI is InChI=1S/C21H22ClN3O2/c1-26-19-8-4-6-15-18-13-17(14-5-2-3-7-16(14)22)24-25(18)21(27-20(15)19)9-11-23-12-10-21/h2-8,13,18,23-24H,9-12H2,1H3/p+1/t18-/m0/s1. The van der Waals surface area contributed by atoms with Crippen molar-refractivity contribution in [2.75, 3.05) is 20.2 Å². The van der Waals surface area contributed by atoms with E-state index < -0.39 is 0 Å². The predicted octanol–water partition coefficient (Wildman–Crippen LogP) is 2.70. The summed E-state index contributed by atoms with van der Waals surface area (Å²) in [6.45, 7) is 2.08. The zero-order chi connectivity index (χ0) is 18.4. The van der Waals surface area contributed by atoms with Crippen molar-refractivity contribution in [3.63, 3.8) is 0 Å². The van der Waals surface area contributed by atoms with Gasteiger partial charge in [-0.05, 0) is 18.2 Å². The second-order valence-electron chi connectivity index (χ2n) is 7.28. The Bertz CT molecular complexity index is 908. The van der Waals surface area contributed by atoms with E-state index in [1.54, 1.807) is 7.11 Å². The van der Waals surface area contributed by atoms with Crippen LogP contribution in [0.15, 0.2) is 48.5 Å². The first-order valence-electron chi connectivity index (χ1n) is 9.42. The molecule has 1 saturated heterocycles. The van der Waals surface area contributed by atoms with Crippen molar-refractivity contribution in [3.8, 4) is 11.5 Å². The van der Waals surface area contributed by atoms with Crippen LogP contribution in [-0.4, -0.2) is 30.9 Å². The highest BCUT2D eigenvalue weighted by atomic mass is 35.5. The zero-order valence-corrected chi connectivity index (χ0v) is 16.0. The van der Waals surface area contributed by atoms with Crippen molar-refractivity contribution in [2.24, 2.45) is 0 Å². The number of rotatable bonds is 2. The fraction of sp³-hybridized carbons (Fsp3) is 0.333. The second-order valence-corrected chi connectivity index (χ2v) is 7.69. The van der Waals surface area contributed by atoms with Crippen LogP contribution < -0.4 is 20.2 Å². The number of hydrazine groups is 1. The van der Waals surface area contributed by atoms with Gasteiger partial charge >= 0.3 is 0 Å². The fourth-order valence-corrected chi connectivity index (χ4v) is 4.66. The smallest absolute Gasteiger partial charge is 0.191 e. The molecule has 140 valence electrons. The Morgan fingerprint density at radius 3 is 2.78 bits per heavy atom. The lowest BCUT2D eigenvalue weighted by Crippen LogP contribution is -2.89. The molecule has 0 amide bonds. The molecule has 6 heteroatoms. The summed E-state index contributed by atoms with van der Waals surface area (Å²) in [6, 6.07) is 14.1. The van der Waals surface area contributed by atoms with E-state index in [2.05, 4.69) is 27.9 Å². The monoisotopic (exact) mass is 384 g/mol. The van der Waals surface area contributed by atoms with Crippen LogP contribution in [0.1, 0.15) is 30.0 Å². The number of hydrogen-bond donors (Lipinski definition) is 2. The number of halogens is 1. The molecule has 5 rings (SSSR count). The molecule has 27 heavy (non-hydrogen) atoms. The molecule has 0 saturated carbocycles. The lowest BCUT2D eigenvalue weighted by Gasteiger charge is -2.49. The highest BCUT2D eigenvalue weighted by Crippen LogP contribution is 2.50. The van der Waals surface area contributed by atoms with E-state index in [1.807, 2.05) is 36.4 Å².